The van der Waals surface area contributed by atoms with Crippen molar-refractivity contribution in [2.24, 2.45) is 0 Å². The molecule has 1 rings (SSSR count). The molecule has 0 radical (unpaired) electrons. The number of anilines is 1. The van der Waals surface area contributed by atoms with Gasteiger partial charge in [-0.3, -0.25) is 4.79 Å². The lowest BCUT2D eigenvalue weighted by Gasteiger charge is -2.15. The van der Waals surface area contributed by atoms with Crippen LogP contribution in [-0.2, 0) is 14.8 Å². The van der Waals surface area contributed by atoms with Crippen molar-refractivity contribution in [3.63, 3.8) is 0 Å². The normalized spacial score (nSPS) is 13.2. The van der Waals surface area contributed by atoms with E-state index in [1.54, 1.807) is 26.0 Å². The highest BCUT2D eigenvalue weighted by atomic mass is 32.2. The van der Waals surface area contributed by atoms with Gasteiger partial charge in [0.1, 0.15) is 0 Å². The molecule has 0 heterocycles. The monoisotopic (exact) mass is 314 g/mol. The van der Waals surface area contributed by atoms with Crippen molar-refractivity contribution in [2.75, 3.05) is 19.4 Å². The summed E-state index contributed by atoms with van der Waals surface area (Å²) in [6.45, 7) is 3.32. The first kappa shape index (κ1) is 17.6. The molecule has 118 valence electrons. The van der Waals surface area contributed by atoms with Gasteiger partial charge in [-0.15, -0.1) is 0 Å². The summed E-state index contributed by atoms with van der Waals surface area (Å²) < 4.78 is 25.5. The molecule has 0 aliphatic rings. The maximum Gasteiger partial charge on any atom is 0.242 e. The zero-order chi connectivity index (χ0) is 16.2. The number of carbonyl (C=O) groups is 1. The van der Waals surface area contributed by atoms with Crippen LogP contribution >= 0.6 is 0 Å². The van der Waals surface area contributed by atoms with Crippen LogP contribution in [0.25, 0.3) is 0 Å². The quantitative estimate of drug-likeness (QED) is 0.829. The van der Waals surface area contributed by atoms with Crippen LogP contribution in [0.15, 0.2) is 23.1 Å². The highest BCUT2D eigenvalue weighted by molar-refractivity contribution is 7.89. The van der Waals surface area contributed by atoms with E-state index in [0.717, 1.165) is 4.31 Å². The van der Waals surface area contributed by atoms with E-state index in [1.165, 1.54) is 20.2 Å². The molecular formula is C14H22N2O4S. The Balaban J connectivity index is 2.95. The van der Waals surface area contributed by atoms with E-state index in [9.17, 15) is 13.2 Å². The lowest BCUT2D eigenvalue weighted by atomic mass is 10.2. The molecule has 0 bridgehead atoms. The number of benzene rings is 1. The smallest absolute Gasteiger partial charge is 0.242 e. The molecular weight excluding hydrogens is 292 g/mol. The van der Waals surface area contributed by atoms with Crippen molar-refractivity contribution in [3.05, 3.63) is 23.8 Å². The van der Waals surface area contributed by atoms with Gasteiger partial charge < -0.3 is 10.4 Å². The van der Waals surface area contributed by atoms with Crippen LogP contribution in [0.4, 0.5) is 5.69 Å². The lowest BCUT2D eigenvalue weighted by molar-refractivity contribution is -0.116. The largest absolute Gasteiger partial charge is 0.393 e. The topological polar surface area (TPSA) is 86.7 Å². The predicted octanol–water partition coefficient (Wildman–Crippen LogP) is 1.34. The Morgan fingerprint density at radius 2 is 2.00 bits per heavy atom. The Labute approximate surface area is 125 Å². The highest BCUT2D eigenvalue weighted by Gasteiger charge is 2.20. The second-order valence-corrected chi connectivity index (χ2v) is 7.32. The van der Waals surface area contributed by atoms with E-state index in [4.69, 9.17) is 5.11 Å². The Hall–Kier alpha value is -1.44. The van der Waals surface area contributed by atoms with E-state index in [-0.39, 0.29) is 17.2 Å². The molecule has 1 atom stereocenters. The molecule has 0 saturated heterocycles. The van der Waals surface area contributed by atoms with Crippen molar-refractivity contribution in [2.45, 2.75) is 37.7 Å². The molecule has 0 spiro atoms. The minimum Gasteiger partial charge on any atom is -0.393 e. The molecule has 1 amide bonds. The molecule has 0 aliphatic heterocycles. The molecule has 0 saturated carbocycles. The van der Waals surface area contributed by atoms with Crippen LogP contribution in [0, 0.1) is 6.92 Å². The molecule has 7 heteroatoms. The van der Waals surface area contributed by atoms with Gasteiger partial charge in [-0.05, 0) is 38.0 Å². The van der Waals surface area contributed by atoms with Crippen molar-refractivity contribution < 1.29 is 18.3 Å². The van der Waals surface area contributed by atoms with Gasteiger partial charge in [0.15, 0.2) is 0 Å². The molecule has 0 aromatic heterocycles. The Morgan fingerprint density at radius 1 is 1.38 bits per heavy atom. The summed E-state index contributed by atoms with van der Waals surface area (Å²) in [6, 6.07) is 4.76. The molecule has 1 unspecified atom stereocenters. The first-order valence-corrected chi connectivity index (χ1v) is 8.09. The molecule has 6 nitrogen and oxygen atoms in total. The second kappa shape index (κ2) is 7.02. The van der Waals surface area contributed by atoms with Gasteiger partial charge in [-0.25, -0.2) is 12.7 Å². The maximum atomic E-state index is 12.2. The molecule has 2 N–H and O–H groups in total. The van der Waals surface area contributed by atoms with Crippen LogP contribution in [-0.4, -0.2) is 43.9 Å². The number of amides is 1. The first-order chi connectivity index (χ1) is 9.64. The Morgan fingerprint density at radius 3 is 2.52 bits per heavy atom. The maximum absolute atomic E-state index is 12.2. The number of aliphatic hydroxyl groups excluding tert-OH is 1. The summed E-state index contributed by atoms with van der Waals surface area (Å²) in [5.74, 6) is -0.257. The third kappa shape index (κ3) is 4.80. The zero-order valence-electron chi connectivity index (χ0n) is 12.8. The fourth-order valence-electron chi connectivity index (χ4n) is 1.72. The van der Waals surface area contributed by atoms with E-state index in [2.05, 4.69) is 5.32 Å². The lowest BCUT2D eigenvalue weighted by Crippen LogP contribution is -2.23. The molecule has 0 aliphatic carbocycles. The van der Waals surface area contributed by atoms with Crippen LogP contribution in [0.5, 0.6) is 0 Å². The van der Waals surface area contributed by atoms with Crippen LogP contribution in [0.2, 0.25) is 0 Å². The molecule has 1 aromatic carbocycles. The first-order valence-electron chi connectivity index (χ1n) is 6.65. The summed E-state index contributed by atoms with van der Waals surface area (Å²) in [7, 11) is -0.628. The van der Waals surface area contributed by atoms with Crippen molar-refractivity contribution in [3.8, 4) is 0 Å². The van der Waals surface area contributed by atoms with Gasteiger partial charge in [0.2, 0.25) is 15.9 Å². The van der Waals surface area contributed by atoms with Crippen LogP contribution < -0.4 is 5.32 Å². The minimum atomic E-state index is -3.55. The predicted molar refractivity (Wildman–Crippen MR) is 81.6 cm³/mol. The van der Waals surface area contributed by atoms with Gasteiger partial charge in [0.25, 0.3) is 0 Å². The van der Waals surface area contributed by atoms with Gasteiger partial charge in [0, 0.05) is 26.2 Å². The van der Waals surface area contributed by atoms with Gasteiger partial charge in [-0.1, -0.05) is 6.07 Å². The standard InChI is InChI=1S/C14H22N2O4S/c1-10-5-7-12(15-14(18)8-6-11(2)17)9-13(10)21(19,20)16(3)4/h5,7,9,11,17H,6,8H2,1-4H3,(H,15,18). The zero-order valence-corrected chi connectivity index (χ0v) is 13.6. The third-order valence-electron chi connectivity index (χ3n) is 3.02. The van der Waals surface area contributed by atoms with E-state index in [1.807, 2.05) is 0 Å². The van der Waals surface area contributed by atoms with Gasteiger partial charge in [0.05, 0.1) is 11.0 Å². The highest BCUT2D eigenvalue weighted by Crippen LogP contribution is 2.22. The number of aryl methyl sites for hydroxylation is 1. The van der Waals surface area contributed by atoms with Gasteiger partial charge in [-0.2, -0.15) is 0 Å². The van der Waals surface area contributed by atoms with Crippen molar-refractivity contribution >= 4 is 21.6 Å². The average Bonchev–Trinajstić information content (AvgIpc) is 2.38. The number of aliphatic hydroxyl groups is 1. The molecule has 21 heavy (non-hydrogen) atoms. The Bertz CT molecular complexity index is 609. The van der Waals surface area contributed by atoms with Crippen molar-refractivity contribution in [1.29, 1.82) is 0 Å². The number of sulfonamides is 1. The Kier molecular flexibility index (Phi) is 5.88. The SMILES string of the molecule is Cc1ccc(NC(=O)CCC(C)O)cc1S(=O)(=O)N(C)C. The number of hydrogen-bond acceptors (Lipinski definition) is 4. The summed E-state index contributed by atoms with van der Waals surface area (Å²) >= 11 is 0. The summed E-state index contributed by atoms with van der Waals surface area (Å²) in [4.78, 5) is 11.9. The van der Waals surface area contributed by atoms with E-state index < -0.39 is 16.1 Å². The van der Waals surface area contributed by atoms with Crippen LogP contribution in [0.1, 0.15) is 25.3 Å². The number of nitrogens with one attached hydrogen (secondary N) is 1. The fourth-order valence-corrected chi connectivity index (χ4v) is 2.86. The number of rotatable bonds is 6. The minimum absolute atomic E-state index is 0.167. The van der Waals surface area contributed by atoms with E-state index in [0.29, 0.717) is 17.7 Å². The number of nitrogens with zero attached hydrogens (tertiary/aromatic N) is 1. The molecule has 1 aromatic rings. The number of hydrogen-bond donors (Lipinski definition) is 2. The second-order valence-electron chi connectivity index (χ2n) is 5.20. The summed E-state index contributed by atoms with van der Waals surface area (Å²) in [5.41, 5.74) is 1.04. The van der Waals surface area contributed by atoms with Gasteiger partial charge >= 0.3 is 0 Å². The van der Waals surface area contributed by atoms with Crippen molar-refractivity contribution in [1.82, 2.24) is 4.31 Å². The number of carbonyl (C=O) groups excluding carboxylic acids is 1. The third-order valence-corrected chi connectivity index (χ3v) is 4.98. The van der Waals surface area contributed by atoms with E-state index >= 15 is 0 Å². The molecule has 0 fully saturated rings. The average molecular weight is 314 g/mol. The van der Waals surface area contributed by atoms with Crippen LogP contribution in [0.3, 0.4) is 0 Å². The fraction of sp³-hybridized carbons (Fsp3) is 0.500. The summed E-state index contributed by atoms with van der Waals surface area (Å²) in [5, 5.41) is 11.8. The summed E-state index contributed by atoms with van der Waals surface area (Å²) in [6.07, 6.45) is 0.000403.